The van der Waals surface area contributed by atoms with E-state index in [1.165, 1.54) is 10.6 Å². The number of nitro groups is 1. The first-order valence-corrected chi connectivity index (χ1v) is 5.41. The molecule has 1 aromatic rings. The maximum Gasteiger partial charge on any atom is 0.160 e. The highest BCUT2D eigenvalue weighted by atomic mass is 16.7. The molecule has 1 aromatic carbocycles. The van der Waals surface area contributed by atoms with Crippen LogP contribution in [-0.4, -0.2) is 41.1 Å². The largest absolute Gasteiger partial charge is 0.295 e. The molecule has 0 aliphatic carbocycles. The van der Waals surface area contributed by atoms with E-state index in [9.17, 15) is 10.1 Å². The van der Waals surface area contributed by atoms with Crippen LogP contribution in [-0.2, 0) is 6.54 Å². The van der Waals surface area contributed by atoms with E-state index in [4.69, 9.17) is 0 Å². The molecule has 0 radical (unpaired) electrons. The van der Waals surface area contributed by atoms with Gasteiger partial charge >= 0.3 is 0 Å². The number of piperazine rings is 1. The zero-order valence-electron chi connectivity index (χ0n) is 9.08. The Morgan fingerprint density at radius 3 is 2.31 bits per heavy atom. The number of hydrazine groups is 1. The maximum atomic E-state index is 10.5. The molecule has 0 spiro atoms. The number of benzene rings is 1. The predicted molar refractivity (Wildman–Crippen MR) is 60.3 cm³/mol. The van der Waals surface area contributed by atoms with Gasteiger partial charge in [0.2, 0.25) is 0 Å². The maximum absolute atomic E-state index is 10.5. The number of hydrogen-bond donors (Lipinski definition) is 0. The fourth-order valence-electron chi connectivity index (χ4n) is 1.90. The summed E-state index contributed by atoms with van der Waals surface area (Å²) >= 11 is 0. The Kier molecular flexibility index (Phi) is 3.36. The van der Waals surface area contributed by atoms with Crippen LogP contribution in [0.3, 0.4) is 0 Å². The van der Waals surface area contributed by atoms with Crippen LogP contribution < -0.4 is 0 Å². The zero-order chi connectivity index (χ0) is 11.4. The van der Waals surface area contributed by atoms with E-state index in [-0.39, 0.29) is 5.03 Å². The average molecular weight is 221 g/mol. The van der Waals surface area contributed by atoms with Crippen LogP contribution in [0.2, 0.25) is 0 Å². The van der Waals surface area contributed by atoms with Crippen LogP contribution >= 0.6 is 0 Å². The zero-order valence-corrected chi connectivity index (χ0v) is 9.08. The van der Waals surface area contributed by atoms with Gasteiger partial charge in [0, 0.05) is 19.6 Å². The van der Waals surface area contributed by atoms with E-state index in [0.717, 1.165) is 19.6 Å². The lowest BCUT2D eigenvalue weighted by Crippen LogP contribution is -2.48. The van der Waals surface area contributed by atoms with E-state index in [2.05, 4.69) is 17.0 Å². The van der Waals surface area contributed by atoms with Gasteiger partial charge in [-0.15, -0.1) is 5.01 Å². The number of nitrogens with zero attached hydrogens (tertiary/aromatic N) is 3. The van der Waals surface area contributed by atoms with Crippen LogP contribution in [0.5, 0.6) is 0 Å². The summed E-state index contributed by atoms with van der Waals surface area (Å²) in [5.74, 6) is 0. The lowest BCUT2D eigenvalue weighted by atomic mass is 10.2. The molecule has 5 heteroatoms. The fourth-order valence-corrected chi connectivity index (χ4v) is 1.90. The minimum absolute atomic E-state index is 0.306. The summed E-state index contributed by atoms with van der Waals surface area (Å²) in [5, 5.41) is 11.5. The lowest BCUT2D eigenvalue weighted by molar-refractivity contribution is -0.657. The van der Waals surface area contributed by atoms with Gasteiger partial charge < -0.3 is 0 Å². The van der Waals surface area contributed by atoms with Crippen molar-refractivity contribution in [3.63, 3.8) is 0 Å². The Hall–Kier alpha value is -1.62. The van der Waals surface area contributed by atoms with Crippen molar-refractivity contribution in [3.8, 4) is 0 Å². The topological polar surface area (TPSA) is 49.6 Å². The van der Waals surface area contributed by atoms with Crippen molar-refractivity contribution in [2.45, 2.75) is 6.54 Å². The lowest BCUT2D eigenvalue weighted by Gasteiger charge is -2.29. The standard InChI is InChI=1S/C11H15N3O2/c15-14(16)13-8-6-12(7-9-13)10-11-4-2-1-3-5-11/h1-5H,6-10H2. The minimum atomic E-state index is -0.306. The molecule has 0 unspecified atom stereocenters. The molecule has 1 heterocycles. The molecule has 0 N–H and O–H groups in total. The van der Waals surface area contributed by atoms with E-state index in [0.29, 0.717) is 13.1 Å². The van der Waals surface area contributed by atoms with Crippen molar-refractivity contribution >= 4 is 0 Å². The van der Waals surface area contributed by atoms with E-state index < -0.39 is 0 Å². The van der Waals surface area contributed by atoms with Crippen LogP contribution in [0, 0.1) is 10.1 Å². The highest BCUT2D eigenvalue weighted by Gasteiger charge is 2.22. The van der Waals surface area contributed by atoms with Crippen LogP contribution in [0.4, 0.5) is 0 Å². The molecule has 0 aromatic heterocycles. The average Bonchev–Trinajstić information content (AvgIpc) is 2.31. The second-order valence-electron chi connectivity index (χ2n) is 3.95. The molecule has 1 saturated heterocycles. The smallest absolute Gasteiger partial charge is 0.160 e. The Morgan fingerprint density at radius 2 is 1.75 bits per heavy atom. The van der Waals surface area contributed by atoms with E-state index in [1.807, 2.05) is 18.2 Å². The highest BCUT2D eigenvalue weighted by molar-refractivity contribution is 5.14. The second kappa shape index (κ2) is 4.94. The van der Waals surface area contributed by atoms with Gasteiger partial charge in [-0.25, -0.2) is 10.1 Å². The quantitative estimate of drug-likeness (QED) is 0.564. The summed E-state index contributed by atoms with van der Waals surface area (Å²) in [6, 6.07) is 10.2. The molecule has 86 valence electrons. The third-order valence-corrected chi connectivity index (χ3v) is 2.83. The molecule has 0 saturated carbocycles. The molecule has 0 bridgehead atoms. The van der Waals surface area contributed by atoms with Crippen molar-refractivity contribution in [3.05, 3.63) is 46.0 Å². The van der Waals surface area contributed by atoms with Crippen molar-refractivity contribution in [2.75, 3.05) is 26.2 Å². The van der Waals surface area contributed by atoms with Gasteiger partial charge in [-0.05, 0) is 5.56 Å². The molecule has 0 amide bonds. The molecule has 2 rings (SSSR count). The summed E-state index contributed by atoms with van der Waals surface area (Å²) in [6.45, 7) is 3.43. The van der Waals surface area contributed by atoms with Crippen LogP contribution in [0.25, 0.3) is 0 Å². The predicted octanol–water partition coefficient (Wildman–Crippen LogP) is 0.996. The van der Waals surface area contributed by atoms with Crippen molar-refractivity contribution in [2.24, 2.45) is 0 Å². The van der Waals surface area contributed by atoms with E-state index in [1.54, 1.807) is 0 Å². The molecular formula is C11H15N3O2. The van der Waals surface area contributed by atoms with Crippen molar-refractivity contribution in [1.82, 2.24) is 9.91 Å². The first kappa shape index (κ1) is 10.9. The molecular weight excluding hydrogens is 206 g/mol. The summed E-state index contributed by atoms with van der Waals surface area (Å²) in [7, 11) is 0. The van der Waals surface area contributed by atoms with Gasteiger partial charge in [0.1, 0.15) is 0 Å². The molecule has 0 atom stereocenters. The van der Waals surface area contributed by atoms with Crippen molar-refractivity contribution < 1.29 is 5.03 Å². The summed E-state index contributed by atoms with van der Waals surface area (Å²) in [5.41, 5.74) is 1.26. The minimum Gasteiger partial charge on any atom is -0.295 e. The summed E-state index contributed by atoms with van der Waals surface area (Å²) < 4.78 is 0. The highest BCUT2D eigenvalue weighted by Crippen LogP contribution is 2.07. The van der Waals surface area contributed by atoms with Gasteiger partial charge in [0.15, 0.2) is 5.03 Å². The number of hydrogen-bond acceptors (Lipinski definition) is 3. The Labute approximate surface area is 94.4 Å². The Bertz CT molecular complexity index is 348. The van der Waals surface area contributed by atoms with Crippen LogP contribution in [0.15, 0.2) is 30.3 Å². The SMILES string of the molecule is O=[N+]([O-])N1CCN(Cc2ccccc2)CC1. The van der Waals surface area contributed by atoms with Gasteiger partial charge in [-0.2, -0.15) is 0 Å². The third-order valence-electron chi connectivity index (χ3n) is 2.83. The summed E-state index contributed by atoms with van der Waals surface area (Å²) in [4.78, 5) is 12.8. The second-order valence-corrected chi connectivity index (χ2v) is 3.95. The van der Waals surface area contributed by atoms with Gasteiger partial charge in [0.05, 0.1) is 13.1 Å². The van der Waals surface area contributed by atoms with Crippen LogP contribution in [0.1, 0.15) is 5.56 Å². The third kappa shape index (κ3) is 2.70. The first-order chi connectivity index (χ1) is 7.75. The monoisotopic (exact) mass is 221 g/mol. The molecule has 1 aliphatic rings. The fraction of sp³-hybridized carbons (Fsp3) is 0.455. The molecule has 1 fully saturated rings. The number of rotatable bonds is 3. The molecule has 1 aliphatic heterocycles. The Morgan fingerprint density at radius 1 is 1.12 bits per heavy atom. The van der Waals surface area contributed by atoms with Crippen molar-refractivity contribution in [1.29, 1.82) is 0 Å². The molecule has 16 heavy (non-hydrogen) atoms. The normalized spacial score (nSPS) is 17.4. The first-order valence-electron chi connectivity index (χ1n) is 5.41. The summed E-state index contributed by atoms with van der Waals surface area (Å²) in [6.07, 6.45) is 0. The van der Waals surface area contributed by atoms with Gasteiger partial charge in [0.25, 0.3) is 0 Å². The van der Waals surface area contributed by atoms with E-state index >= 15 is 0 Å². The molecule has 5 nitrogen and oxygen atoms in total. The van der Waals surface area contributed by atoms with Gasteiger partial charge in [-0.1, -0.05) is 30.3 Å². The Balaban J connectivity index is 1.84. The van der Waals surface area contributed by atoms with Gasteiger partial charge in [-0.3, -0.25) is 4.90 Å².